The molecule has 0 aromatic heterocycles. The van der Waals surface area contributed by atoms with Crippen molar-refractivity contribution in [1.82, 2.24) is 5.32 Å². The van der Waals surface area contributed by atoms with Gasteiger partial charge in [0.25, 0.3) is 0 Å². The van der Waals surface area contributed by atoms with Crippen molar-refractivity contribution in [1.29, 1.82) is 0 Å². The zero-order valence-electron chi connectivity index (χ0n) is 12.6. The Hall–Kier alpha value is -0.740. The van der Waals surface area contributed by atoms with E-state index in [2.05, 4.69) is 34.2 Å². The van der Waals surface area contributed by atoms with Gasteiger partial charge in [0.2, 0.25) is 0 Å². The number of hydrogen-bond donors (Lipinski definition) is 1. The molecule has 2 rings (SSSR count). The highest BCUT2D eigenvalue weighted by Gasteiger charge is 2.21. The number of halogens is 1. The molecule has 1 atom stereocenters. The molecule has 20 heavy (non-hydrogen) atoms. The summed E-state index contributed by atoms with van der Waals surface area (Å²) in [6.07, 6.45) is 5.78. The molecule has 1 aromatic rings. The maximum Gasteiger partial charge on any atom is 0.165 e. The van der Waals surface area contributed by atoms with Crippen molar-refractivity contribution in [3.63, 3.8) is 0 Å². The second-order valence-corrected chi connectivity index (χ2v) is 6.06. The highest BCUT2D eigenvalue weighted by Crippen LogP contribution is 2.40. The van der Waals surface area contributed by atoms with Crippen molar-refractivity contribution in [2.45, 2.75) is 45.1 Å². The van der Waals surface area contributed by atoms with Gasteiger partial charge in [0.05, 0.1) is 14.2 Å². The van der Waals surface area contributed by atoms with Crippen LogP contribution in [0.15, 0.2) is 10.5 Å². The van der Waals surface area contributed by atoms with E-state index in [9.17, 15) is 0 Å². The van der Waals surface area contributed by atoms with Gasteiger partial charge in [-0.25, -0.2) is 0 Å². The number of aryl methyl sites for hydroxylation is 1. The Labute approximate surface area is 130 Å². The fourth-order valence-corrected chi connectivity index (χ4v) is 3.63. The van der Waals surface area contributed by atoms with E-state index in [1.807, 2.05) is 0 Å². The minimum atomic E-state index is 0.533. The Balaban J connectivity index is 2.36. The molecule has 0 amide bonds. The summed E-state index contributed by atoms with van der Waals surface area (Å²) in [5.74, 6) is 1.70. The van der Waals surface area contributed by atoms with Gasteiger partial charge < -0.3 is 14.8 Å². The molecule has 0 radical (unpaired) electrons. The fraction of sp³-hybridized carbons (Fsp3) is 0.625. The van der Waals surface area contributed by atoms with Gasteiger partial charge in [-0.05, 0) is 43.9 Å². The largest absolute Gasteiger partial charge is 0.493 e. The van der Waals surface area contributed by atoms with Crippen LogP contribution in [0.25, 0.3) is 0 Å². The van der Waals surface area contributed by atoms with Gasteiger partial charge >= 0.3 is 0 Å². The smallest absolute Gasteiger partial charge is 0.165 e. The van der Waals surface area contributed by atoms with Crippen LogP contribution in [0, 0.1) is 0 Å². The summed E-state index contributed by atoms with van der Waals surface area (Å²) in [7, 11) is 3.42. The first-order valence-electron chi connectivity index (χ1n) is 7.36. The maximum absolute atomic E-state index is 5.61. The third-order valence-electron chi connectivity index (χ3n) is 4.02. The molecule has 112 valence electrons. The van der Waals surface area contributed by atoms with E-state index in [0.717, 1.165) is 30.9 Å². The van der Waals surface area contributed by atoms with Gasteiger partial charge in [0, 0.05) is 16.1 Å². The third kappa shape index (κ3) is 3.29. The molecular weight excluding hydrogens is 318 g/mol. The topological polar surface area (TPSA) is 30.5 Å². The van der Waals surface area contributed by atoms with Crippen LogP contribution in [0.4, 0.5) is 0 Å². The summed E-state index contributed by atoms with van der Waals surface area (Å²) in [5.41, 5.74) is 2.50. The zero-order valence-corrected chi connectivity index (χ0v) is 14.2. The number of benzene rings is 1. The summed E-state index contributed by atoms with van der Waals surface area (Å²) in [5, 5.41) is 3.60. The average molecular weight is 342 g/mol. The van der Waals surface area contributed by atoms with Crippen molar-refractivity contribution >= 4 is 15.9 Å². The van der Waals surface area contributed by atoms with Crippen LogP contribution >= 0.6 is 15.9 Å². The number of methoxy groups -OCH3 is 2. The maximum atomic E-state index is 5.61. The lowest BCUT2D eigenvalue weighted by molar-refractivity contribution is 0.344. The Morgan fingerprint density at radius 2 is 2.10 bits per heavy atom. The van der Waals surface area contributed by atoms with Crippen molar-refractivity contribution in [3.05, 3.63) is 21.7 Å². The second kappa shape index (κ2) is 7.32. The molecule has 1 fully saturated rings. The average Bonchev–Trinajstić information content (AvgIpc) is 2.50. The van der Waals surface area contributed by atoms with Crippen LogP contribution in [0.3, 0.4) is 0 Å². The van der Waals surface area contributed by atoms with E-state index in [0.29, 0.717) is 6.04 Å². The predicted molar refractivity (Wildman–Crippen MR) is 86.0 cm³/mol. The van der Waals surface area contributed by atoms with Crippen LogP contribution in [0.5, 0.6) is 11.5 Å². The van der Waals surface area contributed by atoms with Gasteiger partial charge in [-0.15, -0.1) is 0 Å². The number of ether oxygens (including phenoxy) is 2. The quantitative estimate of drug-likeness (QED) is 0.885. The highest BCUT2D eigenvalue weighted by atomic mass is 79.9. The Bertz CT molecular complexity index is 456. The van der Waals surface area contributed by atoms with Crippen LogP contribution in [0.1, 0.15) is 37.3 Å². The Morgan fingerprint density at radius 1 is 1.30 bits per heavy atom. The van der Waals surface area contributed by atoms with Crippen LogP contribution in [-0.2, 0) is 12.8 Å². The summed E-state index contributed by atoms with van der Waals surface area (Å²) >= 11 is 3.76. The lowest BCUT2D eigenvalue weighted by atomic mass is 9.95. The van der Waals surface area contributed by atoms with Gasteiger partial charge in [-0.3, -0.25) is 0 Å². The fourth-order valence-electron chi connectivity index (χ4n) is 2.89. The molecule has 0 spiro atoms. The predicted octanol–water partition coefficient (Wildman–Crippen LogP) is 3.71. The van der Waals surface area contributed by atoms with Gasteiger partial charge in [0.15, 0.2) is 11.5 Å². The number of rotatable bonds is 5. The number of hydrogen-bond acceptors (Lipinski definition) is 3. The molecule has 0 aliphatic carbocycles. The SMILES string of the molecule is CCc1cc(OC)c(OC)c(CC2CCCCN2)c1Br. The second-order valence-electron chi connectivity index (χ2n) is 5.27. The molecule has 1 aliphatic heterocycles. The lowest BCUT2D eigenvalue weighted by Crippen LogP contribution is -2.35. The van der Waals surface area contributed by atoms with E-state index in [1.165, 1.54) is 34.9 Å². The highest BCUT2D eigenvalue weighted by molar-refractivity contribution is 9.10. The first-order chi connectivity index (χ1) is 9.71. The van der Waals surface area contributed by atoms with Crippen molar-refractivity contribution in [2.24, 2.45) is 0 Å². The first-order valence-corrected chi connectivity index (χ1v) is 8.16. The van der Waals surface area contributed by atoms with E-state index < -0.39 is 0 Å². The first kappa shape index (κ1) is 15.6. The van der Waals surface area contributed by atoms with E-state index in [1.54, 1.807) is 14.2 Å². The van der Waals surface area contributed by atoms with Gasteiger partial charge in [-0.2, -0.15) is 0 Å². The molecule has 1 aliphatic rings. The van der Waals surface area contributed by atoms with Crippen molar-refractivity contribution in [2.75, 3.05) is 20.8 Å². The molecule has 0 bridgehead atoms. The zero-order chi connectivity index (χ0) is 14.5. The van der Waals surface area contributed by atoms with Crippen molar-refractivity contribution < 1.29 is 9.47 Å². The summed E-state index contributed by atoms with van der Waals surface area (Å²) in [6, 6.07) is 2.60. The van der Waals surface area contributed by atoms with E-state index >= 15 is 0 Å². The summed E-state index contributed by atoms with van der Waals surface area (Å²) in [4.78, 5) is 0. The Morgan fingerprint density at radius 3 is 2.65 bits per heavy atom. The summed E-state index contributed by atoms with van der Waals surface area (Å²) < 4.78 is 12.3. The Kier molecular flexibility index (Phi) is 5.73. The molecule has 3 nitrogen and oxygen atoms in total. The molecule has 1 aromatic carbocycles. The van der Waals surface area contributed by atoms with Gasteiger partial charge in [0.1, 0.15) is 0 Å². The minimum Gasteiger partial charge on any atom is -0.493 e. The molecule has 1 unspecified atom stereocenters. The summed E-state index contributed by atoms with van der Waals surface area (Å²) in [6.45, 7) is 3.28. The molecule has 1 heterocycles. The van der Waals surface area contributed by atoms with Crippen molar-refractivity contribution in [3.8, 4) is 11.5 Å². The molecule has 1 N–H and O–H groups in total. The van der Waals surface area contributed by atoms with E-state index in [-0.39, 0.29) is 0 Å². The monoisotopic (exact) mass is 341 g/mol. The van der Waals surface area contributed by atoms with Crippen LogP contribution in [-0.4, -0.2) is 26.8 Å². The normalized spacial score (nSPS) is 18.9. The van der Waals surface area contributed by atoms with Crippen LogP contribution in [0.2, 0.25) is 0 Å². The third-order valence-corrected chi connectivity index (χ3v) is 5.01. The lowest BCUT2D eigenvalue weighted by Gasteiger charge is -2.26. The molecular formula is C16H24BrNO2. The molecule has 0 saturated carbocycles. The molecule has 4 heteroatoms. The minimum absolute atomic E-state index is 0.533. The molecule has 1 saturated heterocycles. The number of piperidine rings is 1. The van der Waals surface area contributed by atoms with Crippen LogP contribution < -0.4 is 14.8 Å². The van der Waals surface area contributed by atoms with Gasteiger partial charge in [-0.1, -0.05) is 29.3 Å². The number of nitrogens with one attached hydrogen (secondary N) is 1. The van der Waals surface area contributed by atoms with E-state index in [4.69, 9.17) is 9.47 Å². The standard InChI is InChI=1S/C16H24BrNO2/c1-4-11-9-14(19-2)16(20-3)13(15(11)17)10-12-7-5-6-8-18-12/h9,12,18H,4-8,10H2,1-3H3.